The lowest BCUT2D eigenvalue weighted by atomic mass is 10.1. The summed E-state index contributed by atoms with van der Waals surface area (Å²) in [5, 5.41) is 12.2. The van der Waals surface area contributed by atoms with E-state index in [1.54, 1.807) is 20.0 Å². The van der Waals surface area contributed by atoms with Gasteiger partial charge in [-0.3, -0.25) is 0 Å². The zero-order valence-electron chi connectivity index (χ0n) is 11.6. The zero-order chi connectivity index (χ0) is 14.5. The number of aryl methyl sites for hydroxylation is 2. The van der Waals surface area contributed by atoms with Crippen LogP contribution in [0.2, 0.25) is 0 Å². The summed E-state index contributed by atoms with van der Waals surface area (Å²) in [7, 11) is 0. The van der Waals surface area contributed by atoms with E-state index in [9.17, 15) is 4.39 Å². The maximum atomic E-state index is 13.5. The molecule has 0 atom stereocenters. The van der Waals surface area contributed by atoms with Crippen LogP contribution in [0, 0.1) is 31.0 Å². The van der Waals surface area contributed by atoms with Crippen molar-refractivity contribution < 1.29 is 4.39 Å². The predicted molar refractivity (Wildman–Crippen MR) is 75.4 cm³/mol. The molecule has 4 heteroatoms. The average Bonchev–Trinajstić information content (AvgIpc) is 2.45. The molecule has 1 aromatic carbocycles. The fraction of sp³-hybridized carbons (Fsp3) is 0.250. The Labute approximate surface area is 118 Å². The van der Waals surface area contributed by atoms with Crippen LogP contribution in [0.15, 0.2) is 30.5 Å². The Bertz CT molecular complexity index is 636. The number of hydrogen-bond acceptors (Lipinski definition) is 3. The van der Waals surface area contributed by atoms with Crippen LogP contribution in [0.1, 0.15) is 27.9 Å². The Kier molecular flexibility index (Phi) is 4.44. The van der Waals surface area contributed by atoms with E-state index in [-0.39, 0.29) is 5.82 Å². The van der Waals surface area contributed by atoms with Crippen molar-refractivity contribution in [3.8, 4) is 6.07 Å². The first-order chi connectivity index (χ1) is 9.61. The highest BCUT2D eigenvalue weighted by Crippen LogP contribution is 2.14. The molecule has 0 aliphatic carbocycles. The van der Waals surface area contributed by atoms with Gasteiger partial charge in [0.2, 0.25) is 0 Å². The summed E-state index contributed by atoms with van der Waals surface area (Å²) in [5.74, 6) is -0.146. The molecule has 0 aliphatic heterocycles. The number of nitriles is 1. The molecule has 1 heterocycles. The molecule has 0 saturated carbocycles. The van der Waals surface area contributed by atoms with Gasteiger partial charge in [0, 0.05) is 24.8 Å². The van der Waals surface area contributed by atoms with Crippen molar-refractivity contribution in [3.05, 3.63) is 64.2 Å². The Morgan fingerprint density at radius 2 is 1.95 bits per heavy atom. The van der Waals surface area contributed by atoms with Crippen molar-refractivity contribution in [2.75, 3.05) is 0 Å². The van der Waals surface area contributed by atoms with E-state index in [1.807, 2.05) is 24.3 Å². The average molecular weight is 269 g/mol. The van der Waals surface area contributed by atoms with Gasteiger partial charge in [0.1, 0.15) is 17.6 Å². The van der Waals surface area contributed by atoms with Crippen LogP contribution in [0.25, 0.3) is 0 Å². The lowest BCUT2D eigenvalue weighted by Gasteiger charge is -2.09. The number of hydrogen-bond donors (Lipinski definition) is 1. The number of nitrogens with zero attached hydrogens (tertiary/aromatic N) is 2. The first kappa shape index (κ1) is 14.2. The summed E-state index contributed by atoms with van der Waals surface area (Å²) in [6.45, 7) is 4.72. The molecule has 1 aromatic heterocycles. The van der Waals surface area contributed by atoms with Crippen molar-refractivity contribution in [3.63, 3.8) is 0 Å². The molecule has 0 unspecified atom stereocenters. The van der Waals surface area contributed by atoms with E-state index in [0.29, 0.717) is 29.9 Å². The fourth-order valence-electron chi connectivity index (χ4n) is 2.16. The molecule has 0 saturated heterocycles. The number of nitrogens with one attached hydrogen (secondary N) is 1. The van der Waals surface area contributed by atoms with Gasteiger partial charge in [0.05, 0.1) is 0 Å². The summed E-state index contributed by atoms with van der Waals surface area (Å²) in [4.78, 5) is 4.01. The second-order valence-electron chi connectivity index (χ2n) is 4.77. The number of benzene rings is 1. The molecule has 1 N–H and O–H groups in total. The molecule has 0 aliphatic rings. The Morgan fingerprint density at radius 3 is 2.60 bits per heavy atom. The molecule has 20 heavy (non-hydrogen) atoms. The number of halogens is 1. The van der Waals surface area contributed by atoms with Gasteiger partial charge in [-0.2, -0.15) is 5.26 Å². The summed E-state index contributed by atoms with van der Waals surface area (Å²) in [5.41, 5.74) is 3.64. The summed E-state index contributed by atoms with van der Waals surface area (Å²) in [6.07, 6.45) is 1.61. The first-order valence-electron chi connectivity index (χ1n) is 6.42. The molecule has 3 nitrogen and oxygen atoms in total. The molecule has 0 bridgehead atoms. The van der Waals surface area contributed by atoms with Crippen LogP contribution < -0.4 is 5.32 Å². The van der Waals surface area contributed by atoms with Crippen molar-refractivity contribution in [1.29, 1.82) is 5.26 Å². The predicted octanol–water partition coefficient (Wildman–Crippen LogP) is 3.00. The quantitative estimate of drug-likeness (QED) is 0.928. The van der Waals surface area contributed by atoms with E-state index in [2.05, 4.69) is 16.4 Å². The SMILES string of the molecule is Cc1cc(CNCc2cccnc2C#N)cc(C)c1F. The van der Waals surface area contributed by atoms with E-state index < -0.39 is 0 Å². The summed E-state index contributed by atoms with van der Waals surface area (Å²) in [6, 6.07) is 9.43. The van der Waals surface area contributed by atoms with Crippen LogP contribution in [0.4, 0.5) is 4.39 Å². The van der Waals surface area contributed by atoms with Gasteiger partial charge >= 0.3 is 0 Å². The zero-order valence-corrected chi connectivity index (χ0v) is 11.6. The van der Waals surface area contributed by atoms with Crippen LogP contribution in [-0.4, -0.2) is 4.98 Å². The van der Waals surface area contributed by atoms with Crippen LogP contribution in [0.3, 0.4) is 0 Å². The molecule has 2 aromatic rings. The maximum Gasteiger partial charge on any atom is 0.144 e. The van der Waals surface area contributed by atoms with Crippen LogP contribution in [-0.2, 0) is 13.1 Å². The largest absolute Gasteiger partial charge is 0.309 e. The normalized spacial score (nSPS) is 10.3. The van der Waals surface area contributed by atoms with Gasteiger partial charge < -0.3 is 5.32 Å². The smallest absolute Gasteiger partial charge is 0.144 e. The molecule has 102 valence electrons. The second kappa shape index (κ2) is 6.27. The van der Waals surface area contributed by atoms with Gasteiger partial charge in [-0.1, -0.05) is 18.2 Å². The van der Waals surface area contributed by atoms with Crippen molar-refractivity contribution in [2.45, 2.75) is 26.9 Å². The van der Waals surface area contributed by atoms with E-state index in [0.717, 1.165) is 11.1 Å². The third-order valence-electron chi connectivity index (χ3n) is 3.14. The molecule has 0 spiro atoms. The standard InChI is InChI=1S/C16H16FN3/c1-11-6-13(7-12(2)16(11)17)9-19-10-14-4-3-5-20-15(14)8-18/h3-7,19H,9-10H2,1-2H3. The summed E-state index contributed by atoms with van der Waals surface area (Å²) < 4.78 is 13.5. The van der Waals surface area contributed by atoms with Gasteiger partial charge in [-0.15, -0.1) is 0 Å². The molecular formula is C16H16FN3. The third kappa shape index (κ3) is 3.19. The van der Waals surface area contributed by atoms with Crippen LogP contribution in [0.5, 0.6) is 0 Å². The molecule has 2 rings (SSSR count). The number of rotatable bonds is 4. The molecule has 0 fully saturated rings. The topological polar surface area (TPSA) is 48.7 Å². The second-order valence-corrected chi connectivity index (χ2v) is 4.77. The fourth-order valence-corrected chi connectivity index (χ4v) is 2.16. The highest BCUT2D eigenvalue weighted by molar-refractivity contribution is 5.32. The maximum absolute atomic E-state index is 13.5. The molecule has 0 amide bonds. The van der Waals surface area contributed by atoms with Crippen LogP contribution >= 0.6 is 0 Å². The molecule has 0 radical (unpaired) electrons. The highest BCUT2D eigenvalue weighted by Gasteiger charge is 2.05. The van der Waals surface area contributed by atoms with E-state index in [1.165, 1.54) is 0 Å². The van der Waals surface area contributed by atoms with Gasteiger partial charge in [-0.05, 0) is 36.6 Å². The lowest BCUT2D eigenvalue weighted by molar-refractivity contribution is 0.606. The van der Waals surface area contributed by atoms with Crippen molar-refractivity contribution in [2.24, 2.45) is 0 Å². The Morgan fingerprint density at radius 1 is 1.25 bits per heavy atom. The first-order valence-corrected chi connectivity index (χ1v) is 6.42. The minimum absolute atomic E-state index is 0.146. The van der Waals surface area contributed by atoms with Gasteiger partial charge in [0.15, 0.2) is 0 Å². The Hall–Kier alpha value is -2.25. The van der Waals surface area contributed by atoms with Crippen molar-refractivity contribution in [1.82, 2.24) is 10.3 Å². The molecular weight excluding hydrogens is 253 g/mol. The minimum atomic E-state index is -0.146. The van der Waals surface area contributed by atoms with E-state index >= 15 is 0 Å². The minimum Gasteiger partial charge on any atom is -0.309 e. The Balaban J connectivity index is 2.02. The van der Waals surface area contributed by atoms with Gasteiger partial charge in [0.25, 0.3) is 0 Å². The van der Waals surface area contributed by atoms with Gasteiger partial charge in [-0.25, -0.2) is 9.37 Å². The monoisotopic (exact) mass is 269 g/mol. The lowest BCUT2D eigenvalue weighted by Crippen LogP contribution is -2.14. The number of pyridine rings is 1. The van der Waals surface area contributed by atoms with E-state index in [4.69, 9.17) is 5.26 Å². The summed E-state index contributed by atoms with van der Waals surface area (Å²) >= 11 is 0. The van der Waals surface area contributed by atoms with Crippen molar-refractivity contribution >= 4 is 0 Å². The third-order valence-corrected chi connectivity index (χ3v) is 3.14. The highest BCUT2D eigenvalue weighted by atomic mass is 19.1. The number of aromatic nitrogens is 1.